The predicted octanol–water partition coefficient (Wildman–Crippen LogP) is 4.39. The first-order valence-electron chi connectivity index (χ1n) is 9.03. The molecule has 0 bridgehead atoms. The van der Waals surface area contributed by atoms with Crippen molar-refractivity contribution < 1.29 is 14.3 Å². The van der Waals surface area contributed by atoms with Gasteiger partial charge in [-0.05, 0) is 61.1 Å². The number of nitrogens with one attached hydrogen (secondary N) is 1. The Labute approximate surface area is 157 Å². The summed E-state index contributed by atoms with van der Waals surface area (Å²) < 4.78 is 10.8. The molecule has 5 heteroatoms. The molecule has 0 unspecified atom stereocenters. The second kappa shape index (κ2) is 6.81. The number of hydrogen-bond donors (Lipinski definition) is 1. The first-order valence-corrected chi connectivity index (χ1v) is 9.03. The Hall–Kier alpha value is -3.26. The fraction of sp³-hybridized carbons (Fsp3) is 0.273. The summed E-state index contributed by atoms with van der Waals surface area (Å²) in [5, 5.41) is 10.1. The van der Waals surface area contributed by atoms with Crippen LogP contribution in [0.15, 0.2) is 36.4 Å². The third kappa shape index (κ3) is 3.15. The summed E-state index contributed by atoms with van der Waals surface area (Å²) in [5.41, 5.74) is 4.59. The Bertz CT molecular complexity index is 1080. The lowest BCUT2D eigenvalue weighted by molar-refractivity contribution is 0.0730. The molecule has 27 heavy (non-hydrogen) atoms. The van der Waals surface area contributed by atoms with Crippen molar-refractivity contribution in [2.45, 2.75) is 26.2 Å². The third-order valence-electron chi connectivity index (χ3n) is 5.17. The van der Waals surface area contributed by atoms with Crippen LogP contribution in [-0.2, 0) is 12.8 Å². The van der Waals surface area contributed by atoms with Crippen LogP contribution in [0.3, 0.4) is 0 Å². The number of hydrogen-bond acceptors (Lipinski definition) is 4. The predicted molar refractivity (Wildman–Crippen MR) is 102 cm³/mol. The summed E-state index contributed by atoms with van der Waals surface area (Å²) in [5.74, 6) is 0.858. The number of rotatable bonds is 3. The number of aromatic nitrogens is 1. The molecule has 2 aromatic carbocycles. The van der Waals surface area contributed by atoms with E-state index in [4.69, 9.17) is 14.7 Å². The second-order valence-electron chi connectivity index (χ2n) is 7.06. The van der Waals surface area contributed by atoms with E-state index >= 15 is 0 Å². The summed E-state index contributed by atoms with van der Waals surface area (Å²) in [7, 11) is 1.48. The largest absolute Gasteiger partial charge is 0.493 e. The van der Waals surface area contributed by atoms with Crippen LogP contribution in [0, 0.1) is 17.2 Å². The number of carbonyl (C=O) groups excluding carboxylic acids is 1. The van der Waals surface area contributed by atoms with E-state index in [1.165, 1.54) is 24.8 Å². The van der Waals surface area contributed by atoms with Crippen molar-refractivity contribution in [1.82, 2.24) is 4.98 Å². The number of esters is 1. The molecule has 0 saturated heterocycles. The molecule has 1 aliphatic rings. The molecule has 1 aromatic heterocycles. The number of methoxy groups -OCH3 is 1. The van der Waals surface area contributed by atoms with Gasteiger partial charge in [-0.3, -0.25) is 0 Å². The van der Waals surface area contributed by atoms with Gasteiger partial charge in [-0.25, -0.2) is 4.79 Å². The molecule has 1 heterocycles. The molecular formula is C22H20N2O3. The lowest BCUT2D eigenvalue weighted by atomic mass is 9.87. The van der Waals surface area contributed by atoms with Gasteiger partial charge in [0.1, 0.15) is 0 Å². The van der Waals surface area contributed by atoms with Crippen molar-refractivity contribution >= 4 is 16.9 Å². The number of aromatic amines is 1. The average molecular weight is 360 g/mol. The van der Waals surface area contributed by atoms with E-state index in [1.807, 2.05) is 18.2 Å². The van der Waals surface area contributed by atoms with Crippen LogP contribution in [0.4, 0.5) is 0 Å². The molecule has 0 spiro atoms. The van der Waals surface area contributed by atoms with Gasteiger partial charge >= 0.3 is 5.97 Å². The quantitative estimate of drug-likeness (QED) is 0.555. The molecule has 0 fully saturated rings. The highest BCUT2D eigenvalue weighted by atomic mass is 16.6. The number of H-pyrrole nitrogens is 1. The van der Waals surface area contributed by atoms with E-state index in [9.17, 15) is 4.79 Å². The third-order valence-corrected chi connectivity index (χ3v) is 5.17. The van der Waals surface area contributed by atoms with E-state index in [2.05, 4.69) is 11.9 Å². The SMILES string of the molecule is COc1cc(C#N)ccc1OC(=O)c1ccc2[nH]c3c(c2c1)C[C@H](C)CC3. The van der Waals surface area contributed by atoms with E-state index < -0.39 is 5.97 Å². The number of carbonyl (C=O) groups is 1. The van der Waals surface area contributed by atoms with Crippen LogP contribution >= 0.6 is 0 Å². The van der Waals surface area contributed by atoms with Gasteiger partial charge in [0, 0.05) is 22.7 Å². The average Bonchev–Trinajstić information content (AvgIpc) is 3.05. The van der Waals surface area contributed by atoms with Crippen LogP contribution in [0.25, 0.3) is 10.9 Å². The van der Waals surface area contributed by atoms with Gasteiger partial charge in [-0.2, -0.15) is 5.26 Å². The van der Waals surface area contributed by atoms with Crippen LogP contribution in [0.2, 0.25) is 0 Å². The molecule has 1 aliphatic carbocycles. The maximum absolute atomic E-state index is 12.7. The lowest BCUT2D eigenvalue weighted by Gasteiger charge is -2.18. The number of nitriles is 1. The maximum Gasteiger partial charge on any atom is 0.343 e. The highest BCUT2D eigenvalue weighted by Crippen LogP contribution is 2.33. The zero-order valence-electron chi connectivity index (χ0n) is 15.3. The van der Waals surface area contributed by atoms with Gasteiger partial charge in [0.2, 0.25) is 0 Å². The van der Waals surface area contributed by atoms with Gasteiger partial charge in [-0.1, -0.05) is 6.92 Å². The monoisotopic (exact) mass is 360 g/mol. The van der Waals surface area contributed by atoms with Gasteiger partial charge in [0.15, 0.2) is 11.5 Å². The van der Waals surface area contributed by atoms with Crippen molar-refractivity contribution in [3.63, 3.8) is 0 Å². The molecule has 3 aromatic rings. The first-order chi connectivity index (χ1) is 13.1. The summed E-state index contributed by atoms with van der Waals surface area (Å²) in [6.07, 6.45) is 3.26. The first kappa shape index (κ1) is 17.2. The van der Waals surface area contributed by atoms with Gasteiger partial charge < -0.3 is 14.5 Å². The number of nitrogens with zero attached hydrogens (tertiary/aromatic N) is 1. The molecule has 0 amide bonds. The zero-order chi connectivity index (χ0) is 19.0. The Balaban J connectivity index is 1.65. The summed E-state index contributed by atoms with van der Waals surface area (Å²) in [6, 6.07) is 12.4. The molecule has 136 valence electrons. The minimum absolute atomic E-state index is 0.298. The molecule has 1 atom stereocenters. The minimum atomic E-state index is -0.446. The van der Waals surface area contributed by atoms with Gasteiger partial charge in [-0.15, -0.1) is 0 Å². The van der Waals surface area contributed by atoms with Crippen LogP contribution < -0.4 is 9.47 Å². The fourth-order valence-corrected chi connectivity index (χ4v) is 3.70. The molecule has 0 saturated carbocycles. The lowest BCUT2D eigenvalue weighted by Crippen LogP contribution is -2.11. The maximum atomic E-state index is 12.7. The Kier molecular flexibility index (Phi) is 4.33. The van der Waals surface area contributed by atoms with E-state index in [1.54, 1.807) is 24.3 Å². The molecule has 5 nitrogen and oxygen atoms in total. The molecule has 1 N–H and O–H groups in total. The molecule has 4 rings (SSSR count). The number of aryl methyl sites for hydroxylation is 1. The summed E-state index contributed by atoms with van der Waals surface area (Å²) in [6.45, 7) is 2.26. The van der Waals surface area contributed by atoms with Crippen LogP contribution in [0.1, 0.15) is 40.5 Å². The van der Waals surface area contributed by atoms with E-state index in [0.29, 0.717) is 28.5 Å². The van der Waals surface area contributed by atoms with Crippen molar-refractivity contribution in [3.8, 4) is 17.6 Å². The Morgan fingerprint density at radius 1 is 1.22 bits per heavy atom. The van der Waals surface area contributed by atoms with Crippen molar-refractivity contribution in [2.75, 3.05) is 7.11 Å². The number of benzene rings is 2. The van der Waals surface area contributed by atoms with Crippen molar-refractivity contribution in [3.05, 3.63) is 58.8 Å². The smallest absolute Gasteiger partial charge is 0.343 e. The summed E-state index contributed by atoms with van der Waals surface area (Å²) in [4.78, 5) is 16.2. The molecule has 0 aliphatic heterocycles. The summed E-state index contributed by atoms with van der Waals surface area (Å²) >= 11 is 0. The van der Waals surface area contributed by atoms with Gasteiger partial charge in [0.05, 0.1) is 24.3 Å². The molecular weight excluding hydrogens is 340 g/mol. The topological polar surface area (TPSA) is 75.1 Å². The number of ether oxygens (including phenoxy) is 2. The van der Waals surface area contributed by atoms with Crippen LogP contribution in [-0.4, -0.2) is 18.1 Å². The zero-order valence-corrected chi connectivity index (χ0v) is 15.3. The van der Waals surface area contributed by atoms with Gasteiger partial charge in [0.25, 0.3) is 0 Å². The Morgan fingerprint density at radius 2 is 2.07 bits per heavy atom. The van der Waals surface area contributed by atoms with Crippen LogP contribution in [0.5, 0.6) is 11.5 Å². The highest BCUT2D eigenvalue weighted by Gasteiger charge is 2.21. The van der Waals surface area contributed by atoms with Crippen molar-refractivity contribution in [2.24, 2.45) is 5.92 Å². The highest BCUT2D eigenvalue weighted by molar-refractivity contribution is 5.97. The minimum Gasteiger partial charge on any atom is -0.493 e. The normalized spacial score (nSPS) is 15.8. The molecule has 0 radical (unpaired) electrons. The number of fused-ring (bicyclic) bond motifs is 3. The van der Waals surface area contributed by atoms with E-state index in [0.717, 1.165) is 23.7 Å². The van der Waals surface area contributed by atoms with E-state index in [-0.39, 0.29) is 0 Å². The second-order valence-corrected chi connectivity index (χ2v) is 7.06. The standard InChI is InChI=1S/C22H20N2O3/c1-13-3-6-18-16(9-13)17-11-15(5-7-19(17)24-18)22(25)27-20-8-4-14(12-23)10-21(20)26-2/h4-5,7-8,10-11,13,24H,3,6,9H2,1-2H3/t13-/m1/s1. The Morgan fingerprint density at radius 3 is 2.85 bits per heavy atom. The fourth-order valence-electron chi connectivity index (χ4n) is 3.70. The van der Waals surface area contributed by atoms with Crippen molar-refractivity contribution in [1.29, 1.82) is 5.26 Å².